The molecule has 1 atom stereocenters. The second kappa shape index (κ2) is 5.49. The minimum Gasteiger partial charge on any atom is -0.376 e. The highest BCUT2D eigenvalue weighted by Crippen LogP contribution is 2.13. The van der Waals surface area contributed by atoms with Gasteiger partial charge in [0, 0.05) is 11.5 Å². The lowest BCUT2D eigenvalue weighted by molar-refractivity contribution is 0.111. The first-order chi connectivity index (χ1) is 6.95. The average Bonchev–Trinajstić information content (AvgIpc) is 2.86. The quantitative estimate of drug-likeness (QED) is 0.754. The van der Waals surface area contributed by atoms with Gasteiger partial charge in [-0.15, -0.1) is 11.3 Å². The molecule has 3 heteroatoms. The number of hydrogen-bond acceptors (Lipinski definition) is 3. The van der Waals surface area contributed by atoms with E-state index >= 15 is 0 Å². The molecule has 78 valence electrons. The van der Waals surface area contributed by atoms with Gasteiger partial charge >= 0.3 is 0 Å². The third-order valence-electron chi connectivity index (χ3n) is 2.66. The molecule has 1 aromatic rings. The summed E-state index contributed by atoms with van der Waals surface area (Å²) in [4.78, 5) is 1.33. The molecule has 2 heterocycles. The molecule has 1 aromatic heterocycles. The summed E-state index contributed by atoms with van der Waals surface area (Å²) in [7, 11) is 0. The number of ether oxygens (including phenoxy) is 1. The first-order valence-electron chi connectivity index (χ1n) is 5.26. The molecule has 0 amide bonds. The molecule has 0 bridgehead atoms. The Labute approximate surface area is 89.3 Å². The number of rotatable bonds is 5. The minimum absolute atomic E-state index is 0.789. The van der Waals surface area contributed by atoms with Crippen LogP contribution in [0.1, 0.15) is 17.7 Å². The molecular formula is C11H17NOS. The van der Waals surface area contributed by atoms with Crippen molar-refractivity contribution >= 4 is 11.3 Å². The third-order valence-corrected chi connectivity index (χ3v) is 3.51. The largest absolute Gasteiger partial charge is 0.376 e. The highest BCUT2D eigenvalue weighted by Gasteiger charge is 2.13. The SMILES string of the molecule is c1csc(COCCC2CCNC2)c1. The normalized spacial score (nSPS) is 21.6. The molecule has 0 spiro atoms. The molecular weight excluding hydrogens is 194 g/mol. The van der Waals surface area contributed by atoms with E-state index < -0.39 is 0 Å². The van der Waals surface area contributed by atoms with Gasteiger partial charge in [0.15, 0.2) is 0 Å². The summed E-state index contributed by atoms with van der Waals surface area (Å²) < 4.78 is 5.62. The van der Waals surface area contributed by atoms with Gasteiger partial charge < -0.3 is 10.1 Å². The van der Waals surface area contributed by atoms with Crippen LogP contribution in [0.3, 0.4) is 0 Å². The van der Waals surface area contributed by atoms with Crippen LogP contribution in [-0.2, 0) is 11.3 Å². The Hall–Kier alpha value is -0.380. The fraction of sp³-hybridized carbons (Fsp3) is 0.636. The first kappa shape index (κ1) is 10.1. The molecule has 14 heavy (non-hydrogen) atoms. The molecule has 1 fully saturated rings. The van der Waals surface area contributed by atoms with E-state index in [4.69, 9.17) is 4.74 Å². The summed E-state index contributed by atoms with van der Waals surface area (Å²) in [5.41, 5.74) is 0. The van der Waals surface area contributed by atoms with Gasteiger partial charge in [-0.3, -0.25) is 0 Å². The van der Waals surface area contributed by atoms with Crippen molar-refractivity contribution in [3.05, 3.63) is 22.4 Å². The molecule has 1 unspecified atom stereocenters. The molecule has 2 rings (SSSR count). The zero-order valence-electron chi connectivity index (χ0n) is 8.37. The standard InChI is InChI=1S/C11H17NOS/c1-2-11(14-7-1)9-13-6-4-10-3-5-12-8-10/h1-2,7,10,12H,3-6,8-9H2. The Morgan fingerprint density at radius 3 is 3.29 bits per heavy atom. The number of nitrogens with one attached hydrogen (secondary N) is 1. The zero-order valence-corrected chi connectivity index (χ0v) is 9.19. The second-order valence-corrected chi connectivity index (χ2v) is 4.81. The molecule has 0 aliphatic carbocycles. The van der Waals surface area contributed by atoms with Crippen molar-refractivity contribution in [2.75, 3.05) is 19.7 Å². The Morgan fingerprint density at radius 1 is 1.57 bits per heavy atom. The summed E-state index contributed by atoms with van der Waals surface area (Å²) in [6.07, 6.45) is 2.53. The van der Waals surface area contributed by atoms with Gasteiger partial charge in [-0.25, -0.2) is 0 Å². The van der Waals surface area contributed by atoms with E-state index in [2.05, 4.69) is 22.8 Å². The lowest BCUT2D eigenvalue weighted by Crippen LogP contribution is -2.10. The van der Waals surface area contributed by atoms with Crippen molar-refractivity contribution in [2.24, 2.45) is 5.92 Å². The van der Waals surface area contributed by atoms with Crippen LogP contribution in [0.4, 0.5) is 0 Å². The number of thiophene rings is 1. The third kappa shape index (κ3) is 3.08. The summed E-state index contributed by atoms with van der Waals surface area (Å²) in [6.45, 7) is 4.07. The van der Waals surface area contributed by atoms with Gasteiger partial charge in [0.1, 0.15) is 0 Å². The van der Waals surface area contributed by atoms with Crippen LogP contribution in [0.2, 0.25) is 0 Å². The van der Waals surface area contributed by atoms with Crippen molar-refractivity contribution in [1.29, 1.82) is 0 Å². The second-order valence-electron chi connectivity index (χ2n) is 3.78. The summed E-state index contributed by atoms with van der Waals surface area (Å²) in [5.74, 6) is 0.846. The highest BCUT2D eigenvalue weighted by atomic mass is 32.1. The Kier molecular flexibility index (Phi) is 3.98. The van der Waals surface area contributed by atoms with Crippen LogP contribution in [0.5, 0.6) is 0 Å². The van der Waals surface area contributed by atoms with Crippen LogP contribution in [0.15, 0.2) is 17.5 Å². The average molecular weight is 211 g/mol. The maximum Gasteiger partial charge on any atom is 0.0809 e. The van der Waals surface area contributed by atoms with Gasteiger partial charge in [-0.05, 0) is 43.3 Å². The molecule has 1 N–H and O–H groups in total. The van der Waals surface area contributed by atoms with Crippen molar-refractivity contribution in [3.63, 3.8) is 0 Å². The van der Waals surface area contributed by atoms with Crippen LogP contribution in [-0.4, -0.2) is 19.7 Å². The van der Waals surface area contributed by atoms with Crippen LogP contribution >= 0.6 is 11.3 Å². The summed E-state index contributed by atoms with van der Waals surface area (Å²) in [5, 5.41) is 5.47. The Balaban J connectivity index is 1.55. The van der Waals surface area contributed by atoms with E-state index in [-0.39, 0.29) is 0 Å². The molecule has 0 radical (unpaired) electrons. The van der Waals surface area contributed by atoms with Gasteiger partial charge in [-0.2, -0.15) is 0 Å². The van der Waals surface area contributed by atoms with Crippen molar-refractivity contribution in [2.45, 2.75) is 19.4 Å². The van der Waals surface area contributed by atoms with Crippen molar-refractivity contribution in [1.82, 2.24) is 5.32 Å². The topological polar surface area (TPSA) is 21.3 Å². The van der Waals surface area contributed by atoms with Gasteiger partial charge in [0.2, 0.25) is 0 Å². The lowest BCUT2D eigenvalue weighted by atomic mass is 10.1. The predicted octanol–water partition coefficient (Wildman–Crippen LogP) is 2.26. The van der Waals surface area contributed by atoms with E-state index in [9.17, 15) is 0 Å². The maximum absolute atomic E-state index is 5.62. The van der Waals surface area contributed by atoms with Crippen molar-refractivity contribution in [3.8, 4) is 0 Å². The van der Waals surface area contributed by atoms with Crippen LogP contribution < -0.4 is 5.32 Å². The Bertz CT molecular complexity index is 242. The molecule has 2 nitrogen and oxygen atoms in total. The predicted molar refractivity (Wildman–Crippen MR) is 59.6 cm³/mol. The molecule has 1 saturated heterocycles. The molecule has 1 aliphatic rings. The fourth-order valence-electron chi connectivity index (χ4n) is 1.78. The lowest BCUT2D eigenvalue weighted by Gasteiger charge is -2.07. The summed E-state index contributed by atoms with van der Waals surface area (Å²) >= 11 is 1.77. The summed E-state index contributed by atoms with van der Waals surface area (Å²) in [6, 6.07) is 4.20. The Morgan fingerprint density at radius 2 is 2.57 bits per heavy atom. The molecule has 0 aromatic carbocycles. The first-order valence-corrected chi connectivity index (χ1v) is 6.14. The van der Waals surface area contributed by atoms with E-state index in [1.165, 1.54) is 30.8 Å². The van der Waals surface area contributed by atoms with Gasteiger partial charge in [0.05, 0.1) is 6.61 Å². The number of hydrogen-bond donors (Lipinski definition) is 1. The van der Waals surface area contributed by atoms with E-state index in [1.807, 2.05) is 0 Å². The van der Waals surface area contributed by atoms with Crippen molar-refractivity contribution < 1.29 is 4.74 Å². The van der Waals surface area contributed by atoms with Gasteiger partial charge in [-0.1, -0.05) is 6.07 Å². The maximum atomic E-state index is 5.62. The molecule has 1 aliphatic heterocycles. The fourth-order valence-corrected chi connectivity index (χ4v) is 2.42. The highest BCUT2D eigenvalue weighted by molar-refractivity contribution is 7.09. The smallest absolute Gasteiger partial charge is 0.0809 e. The van der Waals surface area contributed by atoms with E-state index in [0.717, 1.165) is 19.1 Å². The molecule has 0 saturated carbocycles. The van der Waals surface area contributed by atoms with E-state index in [0.29, 0.717) is 0 Å². The van der Waals surface area contributed by atoms with Gasteiger partial charge in [0.25, 0.3) is 0 Å². The zero-order chi connectivity index (χ0) is 9.64. The van der Waals surface area contributed by atoms with Crippen LogP contribution in [0, 0.1) is 5.92 Å². The van der Waals surface area contributed by atoms with Crippen LogP contribution in [0.25, 0.3) is 0 Å². The minimum atomic E-state index is 0.789. The van der Waals surface area contributed by atoms with E-state index in [1.54, 1.807) is 11.3 Å². The monoisotopic (exact) mass is 211 g/mol.